The fraction of sp³-hybridized carbons (Fsp3) is 0.909. The maximum atomic E-state index is 5.79. The van der Waals surface area contributed by atoms with Gasteiger partial charge in [-0.2, -0.15) is 0 Å². The quantitative estimate of drug-likeness (QED) is 0.540. The molecule has 0 fully saturated rings. The molecule has 0 rings (SSSR count). The number of nitrogens with one attached hydrogen (secondary N) is 1. The van der Waals surface area contributed by atoms with Crippen molar-refractivity contribution in [2.45, 2.75) is 59.5 Å². The Bertz CT molecular complexity index is 191. The van der Waals surface area contributed by atoms with Gasteiger partial charge in [0.25, 0.3) is 0 Å². The molecular weight excluding hydrogens is 174 g/mol. The Morgan fingerprint density at radius 3 is 2.21 bits per heavy atom. The second-order valence-electron chi connectivity index (χ2n) is 5.02. The van der Waals surface area contributed by atoms with E-state index in [0.29, 0.717) is 11.9 Å². The first-order valence-corrected chi connectivity index (χ1v) is 5.37. The summed E-state index contributed by atoms with van der Waals surface area (Å²) in [6, 6.07) is 0.287. The molecule has 0 aliphatic heterocycles. The van der Waals surface area contributed by atoms with Crippen molar-refractivity contribution in [3.8, 4) is 0 Å². The van der Waals surface area contributed by atoms with Crippen LogP contribution < -0.4 is 11.1 Å². The highest BCUT2D eigenvalue weighted by molar-refractivity contribution is 5.78. The van der Waals surface area contributed by atoms with E-state index in [4.69, 9.17) is 5.73 Å². The molecule has 0 spiro atoms. The number of aliphatic imine (C=N–C) groups is 1. The van der Waals surface area contributed by atoms with E-state index in [1.54, 1.807) is 0 Å². The lowest BCUT2D eigenvalue weighted by molar-refractivity contribution is 0.462. The summed E-state index contributed by atoms with van der Waals surface area (Å²) >= 11 is 0. The van der Waals surface area contributed by atoms with E-state index in [2.05, 4.69) is 51.9 Å². The van der Waals surface area contributed by atoms with Crippen LogP contribution in [-0.4, -0.2) is 17.5 Å². The van der Waals surface area contributed by atoms with Crippen LogP contribution in [0.5, 0.6) is 0 Å². The Labute approximate surface area is 88.2 Å². The zero-order valence-electron chi connectivity index (χ0n) is 10.4. The first-order chi connectivity index (χ1) is 6.26. The van der Waals surface area contributed by atoms with Crippen LogP contribution in [0.4, 0.5) is 0 Å². The largest absolute Gasteiger partial charge is 0.370 e. The molecule has 3 nitrogen and oxygen atoms in total. The molecule has 0 aromatic carbocycles. The molecule has 0 aliphatic carbocycles. The van der Waals surface area contributed by atoms with Crippen molar-refractivity contribution in [1.29, 1.82) is 0 Å². The van der Waals surface area contributed by atoms with Crippen LogP contribution in [0.1, 0.15) is 48.0 Å². The first-order valence-electron chi connectivity index (χ1n) is 5.37. The Hall–Kier alpha value is -0.730. The Morgan fingerprint density at radius 2 is 1.86 bits per heavy atom. The lowest BCUT2D eigenvalue weighted by Crippen LogP contribution is -2.45. The topological polar surface area (TPSA) is 50.4 Å². The average Bonchev–Trinajstić information content (AvgIpc) is 1.99. The average molecular weight is 199 g/mol. The molecule has 3 N–H and O–H groups in total. The molecular formula is C11H25N3. The molecule has 0 aromatic rings. The van der Waals surface area contributed by atoms with Gasteiger partial charge in [0.05, 0.1) is 6.04 Å². The van der Waals surface area contributed by atoms with E-state index in [0.717, 1.165) is 6.42 Å². The van der Waals surface area contributed by atoms with Crippen molar-refractivity contribution in [3.63, 3.8) is 0 Å². The van der Waals surface area contributed by atoms with Crippen molar-refractivity contribution >= 4 is 5.96 Å². The zero-order valence-corrected chi connectivity index (χ0v) is 10.4. The van der Waals surface area contributed by atoms with Crippen molar-refractivity contribution in [2.75, 3.05) is 0 Å². The van der Waals surface area contributed by atoms with E-state index >= 15 is 0 Å². The number of nitrogens with two attached hydrogens (primary N) is 1. The molecule has 0 radical (unpaired) electrons. The minimum Gasteiger partial charge on any atom is -0.370 e. The predicted octanol–water partition coefficient (Wildman–Crippen LogP) is 2.12. The second kappa shape index (κ2) is 5.23. The smallest absolute Gasteiger partial charge is 0.189 e. The summed E-state index contributed by atoms with van der Waals surface area (Å²) in [7, 11) is 0. The van der Waals surface area contributed by atoms with E-state index in [9.17, 15) is 0 Å². The number of hydrogen-bond acceptors (Lipinski definition) is 1. The van der Waals surface area contributed by atoms with E-state index in [-0.39, 0.29) is 11.6 Å². The van der Waals surface area contributed by atoms with Gasteiger partial charge in [-0.05, 0) is 33.6 Å². The van der Waals surface area contributed by atoms with Crippen molar-refractivity contribution in [1.82, 2.24) is 5.32 Å². The summed E-state index contributed by atoms with van der Waals surface area (Å²) in [6.45, 7) is 12.7. The van der Waals surface area contributed by atoms with Gasteiger partial charge in [0, 0.05) is 5.54 Å². The summed E-state index contributed by atoms with van der Waals surface area (Å²) in [5.74, 6) is 1.13. The van der Waals surface area contributed by atoms with Gasteiger partial charge in [0.15, 0.2) is 5.96 Å². The van der Waals surface area contributed by atoms with Crippen LogP contribution in [0.2, 0.25) is 0 Å². The number of guanidine groups is 1. The van der Waals surface area contributed by atoms with E-state index in [1.807, 2.05) is 0 Å². The summed E-state index contributed by atoms with van der Waals surface area (Å²) in [5, 5.41) is 3.16. The fourth-order valence-electron chi connectivity index (χ4n) is 1.10. The van der Waals surface area contributed by atoms with Crippen LogP contribution in [-0.2, 0) is 0 Å². The van der Waals surface area contributed by atoms with Crippen LogP contribution in [0.25, 0.3) is 0 Å². The third-order valence-electron chi connectivity index (χ3n) is 2.31. The van der Waals surface area contributed by atoms with Crippen LogP contribution >= 0.6 is 0 Å². The van der Waals surface area contributed by atoms with Gasteiger partial charge >= 0.3 is 0 Å². The van der Waals surface area contributed by atoms with E-state index in [1.165, 1.54) is 0 Å². The van der Waals surface area contributed by atoms with Gasteiger partial charge in [-0.25, -0.2) is 0 Å². The maximum Gasteiger partial charge on any atom is 0.189 e. The Balaban J connectivity index is 4.23. The molecule has 84 valence electrons. The summed E-state index contributed by atoms with van der Waals surface area (Å²) in [6.07, 6.45) is 1.13. The first kappa shape index (κ1) is 13.3. The lowest BCUT2D eigenvalue weighted by atomic mass is 10.0. The molecule has 0 aromatic heterocycles. The minimum atomic E-state index is -0.0112. The lowest BCUT2D eigenvalue weighted by Gasteiger charge is -2.23. The molecule has 0 bridgehead atoms. The highest BCUT2D eigenvalue weighted by Crippen LogP contribution is 2.10. The van der Waals surface area contributed by atoms with E-state index < -0.39 is 0 Å². The predicted molar refractivity (Wildman–Crippen MR) is 63.4 cm³/mol. The van der Waals surface area contributed by atoms with Crippen molar-refractivity contribution in [2.24, 2.45) is 16.6 Å². The summed E-state index contributed by atoms with van der Waals surface area (Å²) in [4.78, 5) is 4.42. The molecule has 0 aliphatic rings. The zero-order chi connectivity index (χ0) is 11.4. The highest BCUT2D eigenvalue weighted by atomic mass is 15.1. The molecule has 3 heteroatoms. The normalized spacial score (nSPS) is 17.7. The second-order valence-corrected chi connectivity index (χ2v) is 5.02. The third kappa shape index (κ3) is 5.84. The Kier molecular flexibility index (Phi) is 4.95. The van der Waals surface area contributed by atoms with Gasteiger partial charge in [0.2, 0.25) is 0 Å². The maximum absolute atomic E-state index is 5.79. The molecule has 2 unspecified atom stereocenters. The van der Waals surface area contributed by atoms with Crippen LogP contribution in [0.15, 0.2) is 4.99 Å². The van der Waals surface area contributed by atoms with Crippen molar-refractivity contribution in [3.05, 3.63) is 0 Å². The summed E-state index contributed by atoms with van der Waals surface area (Å²) < 4.78 is 0. The van der Waals surface area contributed by atoms with Gasteiger partial charge in [-0.15, -0.1) is 0 Å². The molecule has 14 heavy (non-hydrogen) atoms. The monoisotopic (exact) mass is 199 g/mol. The SMILES string of the molecule is CCC(C)C(C)N=C(N)NC(C)(C)C. The molecule has 0 amide bonds. The van der Waals surface area contributed by atoms with Gasteiger partial charge < -0.3 is 11.1 Å². The van der Waals surface area contributed by atoms with Gasteiger partial charge in [-0.3, -0.25) is 4.99 Å². The number of hydrogen-bond donors (Lipinski definition) is 2. The van der Waals surface area contributed by atoms with Gasteiger partial charge in [-0.1, -0.05) is 20.3 Å². The van der Waals surface area contributed by atoms with Gasteiger partial charge in [0.1, 0.15) is 0 Å². The van der Waals surface area contributed by atoms with Crippen molar-refractivity contribution < 1.29 is 0 Å². The molecule has 0 saturated heterocycles. The summed E-state index contributed by atoms with van der Waals surface area (Å²) in [5.41, 5.74) is 5.78. The molecule has 2 atom stereocenters. The highest BCUT2D eigenvalue weighted by Gasteiger charge is 2.12. The standard InChI is InChI=1S/C11H25N3/c1-7-8(2)9(3)13-10(12)14-11(4,5)6/h8-9H,7H2,1-6H3,(H3,12,13,14). The van der Waals surface area contributed by atoms with Crippen LogP contribution in [0, 0.1) is 5.92 Å². The third-order valence-corrected chi connectivity index (χ3v) is 2.31. The number of nitrogens with zero attached hydrogens (tertiary/aromatic N) is 1. The fourth-order valence-corrected chi connectivity index (χ4v) is 1.10. The molecule has 0 heterocycles. The molecule has 0 saturated carbocycles. The Morgan fingerprint density at radius 1 is 1.36 bits per heavy atom. The number of rotatable bonds is 3. The van der Waals surface area contributed by atoms with Crippen LogP contribution in [0.3, 0.4) is 0 Å². The minimum absolute atomic E-state index is 0.0112.